The van der Waals surface area contributed by atoms with Gasteiger partial charge in [-0.3, -0.25) is 0 Å². The minimum atomic E-state index is -0.690. The van der Waals surface area contributed by atoms with Crippen molar-refractivity contribution in [1.82, 2.24) is 5.32 Å². The molecule has 0 unspecified atom stereocenters. The fourth-order valence-electron chi connectivity index (χ4n) is 3.77. The number of nitrogens with one attached hydrogen (secondary N) is 1. The molecular weight excluding hydrogens is 418 g/mol. The van der Waals surface area contributed by atoms with Crippen LogP contribution in [0.4, 0.5) is 0 Å². The summed E-state index contributed by atoms with van der Waals surface area (Å²) < 4.78 is 17.3. The van der Waals surface area contributed by atoms with Gasteiger partial charge in [-0.1, -0.05) is 48.5 Å². The van der Waals surface area contributed by atoms with Crippen LogP contribution in [0.5, 0.6) is 17.2 Å². The van der Waals surface area contributed by atoms with Crippen LogP contribution < -0.4 is 19.5 Å². The average molecular weight is 452 g/mol. The maximum atomic E-state index is 9.78. The van der Waals surface area contributed by atoms with Crippen LogP contribution in [0.25, 0.3) is 11.1 Å². The predicted octanol–water partition coefficient (Wildman–Crippen LogP) is 4.09. The summed E-state index contributed by atoms with van der Waals surface area (Å²) in [6, 6.07) is 19.7. The highest BCUT2D eigenvalue weighted by Gasteiger charge is 2.18. The van der Waals surface area contributed by atoms with Gasteiger partial charge < -0.3 is 29.7 Å². The molecule has 3 aromatic rings. The highest BCUT2D eigenvalue weighted by atomic mass is 16.5. The van der Waals surface area contributed by atoms with Gasteiger partial charge >= 0.3 is 0 Å². The average Bonchev–Trinajstić information content (AvgIpc) is 2.84. The molecule has 0 spiro atoms. The second kappa shape index (κ2) is 11.7. The second-order valence-electron chi connectivity index (χ2n) is 7.96. The first-order valence-electron chi connectivity index (χ1n) is 11.0. The normalized spacial score (nSPS) is 12.8. The molecule has 0 aliphatic rings. The summed E-state index contributed by atoms with van der Waals surface area (Å²) in [4.78, 5) is 0. The van der Waals surface area contributed by atoms with Crippen LogP contribution in [-0.2, 0) is 13.2 Å². The van der Waals surface area contributed by atoms with Gasteiger partial charge in [0.15, 0.2) is 0 Å². The number of benzene rings is 3. The van der Waals surface area contributed by atoms with Crippen LogP contribution in [-0.4, -0.2) is 43.2 Å². The zero-order valence-electron chi connectivity index (χ0n) is 19.7. The fraction of sp³-hybridized carbons (Fsp3) is 0.333. The Bertz CT molecular complexity index is 1010. The number of rotatable bonds is 11. The van der Waals surface area contributed by atoms with E-state index in [1.807, 2.05) is 36.4 Å². The summed E-state index contributed by atoms with van der Waals surface area (Å²) >= 11 is 0. The Labute approximate surface area is 195 Å². The van der Waals surface area contributed by atoms with Gasteiger partial charge in [-0.2, -0.15) is 0 Å². The van der Waals surface area contributed by atoms with E-state index in [-0.39, 0.29) is 6.61 Å². The number of aliphatic hydroxyl groups is 2. The van der Waals surface area contributed by atoms with E-state index in [1.54, 1.807) is 21.1 Å². The molecule has 3 N–H and O–H groups in total. The Morgan fingerprint density at radius 2 is 1.61 bits per heavy atom. The highest BCUT2D eigenvalue weighted by molar-refractivity contribution is 5.68. The van der Waals surface area contributed by atoms with Gasteiger partial charge in [0, 0.05) is 18.7 Å². The SMILES string of the molecule is COc1cc(OCc2cccc(-c3ccccc3)c2C)cc(OC)c1CN[C@@H](CO)[C@@H](C)O. The van der Waals surface area contributed by atoms with E-state index in [1.165, 1.54) is 16.7 Å². The lowest BCUT2D eigenvalue weighted by atomic mass is 9.97. The zero-order chi connectivity index (χ0) is 23.8. The number of methoxy groups -OCH3 is 2. The van der Waals surface area contributed by atoms with Crippen LogP contribution in [0.1, 0.15) is 23.6 Å². The van der Waals surface area contributed by atoms with Crippen LogP contribution >= 0.6 is 0 Å². The van der Waals surface area contributed by atoms with Crippen LogP contribution in [0.15, 0.2) is 60.7 Å². The molecule has 0 aliphatic heterocycles. The first kappa shape index (κ1) is 24.6. The minimum absolute atomic E-state index is 0.176. The quantitative estimate of drug-likeness (QED) is 0.408. The Morgan fingerprint density at radius 3 is 2.18 bits per heavy atom. The second-order valence-corrected chi connectivity index (χ2v) is 7.96. The Balaban J connectivity index is 1.79. The zero-order valence-corrected chi connectivity index (χ0v) is 19.7. The molecule has 6 nitrogen and oxygen atoms in total. The maximum absolute atomic E-state index is 9.78. The molecule has 33 heavy (non-hydrogen) atoms. The Hall–Kier alpha value is -3.06. The van der Waals surface area contributed by atoms with Crippen molar-refractivity contribution in [1.29, 1.82) is 0 Å². The lowest BCUT2D eigenvalue weighted by molar-refractivity contribution is 0.102. The summed E-state index contributed by atoms with van der Waals surface area (Å²) in [5, 5.41) is 22.4. The molecule has 6 heteroatoms. The van der Waals surface area contributed by atoms with E-state index < -0.39 is 12.1 Å². The smallest absolute Gasteiger partial charge is 0.130 e. The Kier molecular flexibility index (Phi) is 8.72. The summed E-state index contributed by atoms with van der Waals surface area (Å²) in [6.07, 6.45) is -0.690. The van der Waals surface area contributed by atoms with Gasteiger partial charge in [-0.05, 0) is 36.1 Å². The van der Waals surface area contributed by atoms with E-state index in [0.29, 0.717) is 30.4 Å². The molecule has 0 fully saturated rings. The fourth-order valence-corrected chi connectivity index (χ4v) is 3.77. The summed E-state index contributed by atoms with van der Waals surface area (Å²) in [7, 11) is 3.18. The van der Waals surface area contributed by atoms with E-state index in [9.17, 15) is 10.2 Å². The van der Waals surface area contributed by atoms with Gasteiger partial charge in [0.05, 0.1) is 38.5 Å². The van der Waals surface area contributed by atoms with Gasteiger partial charge in [0.25, 0.3) is 0 Å². The van der Waals surface area contributed by atoms with E-state index in [2.05, 4.69) is 36.5 Å². The molecule has 0 saturated heterocycles. The monoisotopic (exact) mass is 451 g/mol. The number of aliphatic hydroxyl groups excluding tert-OH is 2. The van der Waals surface area contributed by atoms with E-state index in [0.717, 1.165) is 11.1 Å². The van der Waals surface area contributed by atoms with Crippen molar-refractivity contribution in [2.75, 3.05) is 20.8 Å². The molecule has 3 rings (SSSR count). The molecular formula is C27H33NO5. The van der Waals surface area contributed by atoms with Gasteiger partial charge in [0.1, 0.15) is 23.9 Å². The number of hydrogen-bond donors (Lipinski definition) is 3. The molecule has 0 heterocycles. The lowest BCUT2D eigenvalue weighted by Gasteiger charge is -2.21. The third kappa shape index (κ3) is 6.05. The van der Waals surface area contributed by atoms with Crippen molar-refractivity contribution in [3.63, 3.8) is 0 Å². The molecule has 0 saturated carbocycles. The highest BCUT2D eigenvalue weighted by Crippen LogP contribution is 2.35. The maximum Gasteiger partial charge on any atom is 0.130 e. The molecule has 0 bridgehead atoms. The first-order valence-corrected chi connectivity index (χ1v) is 11.0. The van der Waals surface area contributed by atoms with E-state index in [4.69, 9.17) is 14.2 Å². The molecule has 0 radical (unpaired) electrons. The largest absolute Gasteiger partial charge is 0.496 e. The molecule has 0 aliphatic carbocycles. The van der Waals surface area contributed by atoms with Crippen molar-refractivity contribution < 1.29 is 24.4 Å². The Morgan fingerprint density at radius 1 is 0.939 bits per heavy atom. The third-order valence-corrected chi connectivity index (χ3v) is 5.83. The van der Waals surface area contributed by atoms with Crippen molar-refractivity contribution in [2.45, 2.75) is 39.1 Å². The summed E-state index contributed by atoms with van der Waals surface area (Å²) in [5.74, 6) is 1.84. The predicted molar refractivity (Wildman–Crippen MR) is 130 cm³/mol. The first-order chi connectivity index (χ1) is 16.0. The third-order valence-electron chi connectivity index (χ3n) is 5.83. The summed E-state index contributed by atoms with van der Waals surface area (Å²) in [6.45, 7) is 4.33. The molecule has 2 atom stereocenters. The minimum Gasteiger partial charge on any atom is -0.496 e. The molecule has 0 amide bonds. The number of hydrogen-bond acceptors (Lipinski definition) is 6. The van der Waals surface area contributed by atoms with Gasteiger partial charge in [-0.15, -0.1) is 0 Å². The topological polar surface area (TPSA) is 80.2 Å². The molecule has 0 aromatic heterocycles. The van der Waals surface area contributed by atoms with Gasteiger partial charge in [0.2, 0.25) is 0 Å². The van der Waals surface area contributed by atoms with Crippen LogP contribution in [0.2, 0.25) is 0 Å². The lowest BCUT2D eigenvalue weighted by Crippen LogP contribution is -2.40. The van der Waals surface area contributed by atoms with Crippen molar-refractivity contribution in [3.05, 3.63) is 77.4 Å². The van der Waals surface area contributed by atoms with E-state index >= 15 is 0 Å². The van der Waals surface area contributed by atoms with Crippen molar-refractivity contribution in [2.24, 2.45) is 0 Å². The van der Waals surface area contributed by atoms with Crippen molar-refractivity contribution in [3.8, 4) is 28.4 Å². The van der Waals surface area contributed by atoms with Crippen LogP contribution in [0.3, 0.4) is 0 Å². The summed E-state index contributed by atoms with van der Waals surface area (Å²) in [5.41, 5.74) is 5.42. The molecule has 3 aromatic carbocycles. The van der Waals surface area contributed by atoms with Gasteiger partial charge in [-0.25, -0.2) is 0 Å². The van der Waals surface area contributed by atoms with Crippen LogP contribution in [0, 0.1) is 6.92 Å². The standard InChI is InChI=1S/C27H33NO5/c1-18-21(11-8-12-23(18)20-9-6-5-7-10-20)17-33-22-13-26(31-3)24(27(14-22)32-4)15-28-25(16-29)19(2)30/h5-14,19,25,28-30H,15-17H2,1-4H3/t19-,25+/m1/s1. The van der Waals surface area contributed by atoms with Crippen molar-refractivity contribution >= 4 is 0 Å². The molecule has 176 valence electrons. The number of ether oxygens (including phenoxy) is 3.